The molecule has 0 saturated heterocycles. The summed E-state index contributed by atoms with van der Waals surface area (Å²) in [7, 11) is 0. The van der Waals surface area contributed by atoms with E-state index in [1.807, 2.05) is 0 Å². The molecule has 0 nitrogen and oxygen atoms in total. The van der Waals surface area contributed by atoms with Crippen LogP contribution in [0.2, 0.25) is 0 Å². The summed E-state index contributed by atoms with van der Waals surface area (Å²) < 4.78 is 0. The number of hydrogen-bond donors (Lipinski definition) is 0. The third-order valence-corrected chi connectivity index (χ3v) is 4.02. The highest BCUT2D eigenvalue weighted by atomic mass is 14.7. The van der Waals surface area contributed by atoms with Gasteiger partial charge < -0.3 is 0 Å². The maximum absolute atomic E-state index is 2.49. The van der Waals surface area contributed by atoms with E-state index in [1.54, 1.807) is 0 Å². The second kappa shape index (κ2) is 1.34. The van der Waals surface area contributed by atoms with Crippen molar-refractivity contribution in [2.45, 2.75) is 26.2 Å². The Morgan fingerprint density at radius 1 is 1.30 bits per heavy atom. The van der Waals surface area contributed by atoms with Crippen LogP contribution in [0.5, 0.6) is 0 Å². The molecule has 3 unspecified atom stereocenters. The maximum Gasteiger partial charge on any atom is -0.0145 e. The van der Waals surface area contributed by atoms with Crippen LogP contribution in [0, 0.1) is 23.2 Å². The van der Waals surface area contributed by atoms with Gasteiger partial charge in [-0.1, -0.05) is 19.1 Å². The monoisotopic (exact) mass is 134 g/mol. The SMILES string of the molecule is CC1CC2C=CC1C21CC1. The van der Waals surface area contributed by atoms with Gasteiger partial charge in [0, 0.05) is 0 Å². The van der Waals surface area contributed by atoms with Crippen LogP contribution in [-0.4, -0.2) is 0 Å². The smallest absolute Gasteiger partial charge is 0.0145 e. The summed E-state index contributed by atoms with van der Waals surface area (Å²) in [5.74, 6) is 2.97. The minimum Gasteiger partial charge on any atom is -0.0845 e. The fourth-order valence-electron chi connectivity index (χ4n) is 3.35. The first kappa shape index (κ1) is 5.40. The zero-order chi connectivity index (χ0) is 6.77. The number of hydrogen-bond acceptors (Lipinski definition) is 0. The fraction of sp³-hybridized carbons (Fsp3) is 0.800. The molecule has 0 N–H and O–H groups in total. The first-order chi connectivity index (χ1) is 4.83. The van der Waals surface area contributed by atoms with Gasteiger partial charge in [0.15, 0.2) is 0 Å². The summed E-state index contributed by atoms with van der Waals surface area (Å²) in [5.41, 5.74) is 0.833. The van der Waals surface area contributed by atoms with Gasteiger partial charge in [-0.25, -0.2) is 0 Å². The topological polar surface area (TPSA) is 0 Å². The molecule has 3 aliphatic rings. The summed E-state index contributed by atoms with van der Waals surface area (Å²) in [5, 5.41) is 0. The fourth-order valence-corrected chi connectivity index (χ4v) is 3.35. The molecular formula is C10H14. The Hall–Kier alpha value is -0.260. The molecule has 0 heteroatoms. The van der Waals surface area contributed by atoms with Crippen LogP contribution in [0.3, 0.4) is 0 Å². The first-order valence-electron chi connectivity index (χ1n) is 4.51. The van der Waals surface area contributed by atoms with Crippen LogP contribution in [0.25, 0.3) is 0 Å². The lowest BCUT2D eigenvalue weighted by Crippen LogP contribution is -2.09. The van der Waals surface area contributed by atoms with Gasteiger partial charge in [-0.15, -0.1) is 0 Å². The third-order valence-electron chi connectivity index (χ3n) is 4.02. The van der Waals surface area contributed by atoms with Crippen LogP contribution in [0.4, 0.5) is 0 Å². The van der Waals surface area contributed by atoms with E-state index in [0.717, 1.165) is 23.2 Å². The van der Waals surface area contributed by atoms with Gasteiger partial charge in [-0.3, -0.25) is 0 Å². The molecule has 0 radical (unpaired) electrons. The minimum absolute atomic E-state index is 0.833. The van der Waals surface area contributed by atoms with Crippen LogP contribution in [-0.2, 0) is 0 Å². The highest BCUT2D eigenvalue weighted by Crippen LogP contribution is 2.69. The normalized spacial score (nSPS) is 52.7. The molecule has 2 fully saturated rings. The van der Waals surface area contributed by atoms with Crippen molar-refractivity contribution in [2.24, 2.45) is 23.2 Å². The van der Waals surface area contributed by atoms with Crippen LogP contribution in [0.15, 0.2) is 12.2 Å². The van der Waals surface area contributed by atoms with Gasteiger partial charge in [0.1, 0.15) is 0 Å². The highest BCUT2D eigenvalue weighted by molar-refractivity contribution is 5.25. The number of rotatable bonds is 0. The highest BCUT2D eigenvalue weighted by Gasteiger charge is 2.61. The Morgan fingerprint density at radius 2 is 2.10 bits per heavy atom. The number of allylic oxidation sites excluding steroid dienone is 2. The average molecular weight is 134 g/mol. The molecule has 54 valence electrons. The van der Waals surface area contributed by atoms with Crippen molar-refractivity contribution >= 4 is 0 Å². The molecule has 0 aromatic carbocycles. The van der Waals surface area contributed by atoms with Gasteiger partial charge in [0.2, 0.25) is 0 Å². The Bertz CT molecular complexity index is 198. The Morgan fingerprint density at radius 3 is 2.40 bits per heavy atom. The molecule has 0 heterocycles. The van der Waals surface area contributed by atoms with Crippen molar-refractivity contribution in [2.75, 3.05) is 0 Å². The van der Waals surface area contributed by atoms with E-state index in [1.165, 1.54) is 19.3 Å². The first-order valence-corrected chi connectivity index (χ1v) is 4.51. The Labute approximate surface area is 62.3 Å². The predicted molar refractivity (Wildman–Crippen MR) is 41.6 cm³/mol. The lowest BCUT2D eigenvalue weighted by molar-refractivity contribution is 0.376. The molecule has 3 aliphatic carbocycles. The van der Waals surface area contributed by atoms with Gasteiger partial charge >= 0.3 is 0 Å². The van der Waals surface area contributed by atoms with Crippen molar-refractivity contribution in [1.82, 2.24) is 0 Å². The van der Waals surface area contributed by atoms with Crippen molar-refractivity contribution in [3.8, 4) is 0 Å². The molecule has 3 atom stereocenters. The third kappa shape index (κ3) is 0.398. The van der Waals surface area contributed by atoms with Gasteiger partial charge in [-0.2, -0.15) is 0 Å². The van der Waals surface area contributed by atoms with E-state index < -0.39 is 0 Å². The Balaban J connectivity index is 2.06. The summed E-state index contributed by atoms with van der Waals surface area (Å²) in [6, 6.07) is 0. The van der Waals surface area contributed by atoms with E-state index in [-0.39, 0.29) is 0 Å². The molecule has 0 amide bonds. The summed E-state index contributed by atoms with van der Waals surface area (Å²) in [6.07, 6.45) is 9.52. The van der Waals surface area contributed by atoms with E-state index in [9.17, 15) is 0 Å². The second-order valence-corrected chi connectivity index (χ2v) is 4.46. The molecule has 2 saturated carbocycles. The van der Waals surface area contributed by atoms with Crippen molar-refractivity contribution in [3.63, 3.8) is 0 Å². The summed E-state index contributed by atoms with van der Waals surface area (Å²) >= 11 is 0. The standard InChI is InChI=1S/C10H14/c1-7-6-8-2-3-9(7)10(8)4-5-10/h2-3,7-9H,4-6H2,1H3. The Kier molecular flexibility index (Phi) is 0.725. The zero-order valence-corrected chi connectivity index (χ0v) is 6.51. The second-order valence-electron chi connectivity index (χ2n) is 4.46. The van der Waals surface area contributed by atoms with Crippen LogP contribution in [0.1, 0.15) is 26.2 Å². The molecule has 3 rings (SSSR count). The van der Waals surface area contributed by atoms with Crippen molar-refractivity contribution in [1.29, 1.82) is 0 Å². The minimum atomic E-state index is 0.833. The molecule has 2 bridgehead atoms. The largest absolute Gasteiger partial charge is 0.0845 e. The average Bonchev–Trinajstić information content (AvgIpc) is 2.55. The quantitative estimate of drug-likeness (QED) is 0.447. The van der Waals surface area contributed by atoms with Crippen molar-refractivity contribution in [3.05, 3.63) is 12.2 Å². The molecule has 1 spiro atoms. The summed E-state index contributed by atoms with van der Waals surface area (Å²) in [4.78, 5) is 0. The molecule has 10 heavy (non-hydrogen) atoms. The van der Waals surface area contributed by atoms with E-state index in [4.69, 9.17) is 0 Å². The van der Waals surface area contributed by atoms with Gasteiger partial charge in [-0.05, 0) is 42.4 Å². The molecular weight excluding hydrogens is 120 g/mol. The van der Waals surface area contributed by atoms with Gasteiger partial charge in [0.05, 0.1) is 0 Å². The van der Waals surface area contributed by atoms with Gasteiger partial charge in [0.25, 0.3) is 0 Å². The maximum atomic E-state index is 2.49. The predicted octanol–water partition coefficient (Wildman–Crippen LogP) is 2.61. The molecule has 0 aromatic rings. The van der Waals surface area contributed by atoms with E-state index in [2.05, 4.69) is 19.1 Å². The molecule has 0 aromatic heterocycles. The van der Waals surface area contributed by atoms with Crippen LogP contribution < -0.4 is 0 Å². The van der Waals surface area contributed by atoms with Crippen LogP contribution >= 0.6 is 0 Å². The van der Waals surface area contributed by atoms with E-state index >= 15 is 0 Å². The zero-order valence-electron chi connectivity index (χ0n) is 6.51. The lowest BCUT2D eigenvalue weighted by atomic mass is 9.90. The summed E-state index contributed by atoms with van der Waals surface area (Å²) in [6.45, 7) is 2.42. The molecule has 0 aliphatic heterocycles. The van der Waals surface area contributed by atoms with Crippen molar-refractivity contribution < 1.29 is 0 Å². The van der Waals surface area contributed by atoms with E-state index in [0.29, 0.717) is 0 Å². The lowest BCUT2D eigenvalue weighted by Gasteiger charge is -2.14.